The average molecular weight is 494 g/mol. The minimum Gasteiger partial charge on any atom is -0.359 e. The van der Waals surface area contributed by atoms with Gasteiger partial charge in [0.05, 0.1) is 17.6 Å². The van der Waals surface area contributed by atoms with Gasteiger partial charge in [-0.15, -0.1) is 11.3 Å². The molecule has 0 aliphatic rings. The van der Waals surface area contributed by atoms with Crippen molar-refractivity contribution in [2.45, 2.75) is 65.5 Å². The van der Waals surface area contributed by atoms with E-state index < -0.39 is 11.7 Å². The second kappa shape index (κ2) is 13.9. The van der Waals surface area contributed by atoms with E-state index in [1.807, 2.05) is 31.4 Å². The number of unbranched alkanes of at least 4 members (excludes halogenated alkanes) is 5. The lowest BCUT2D eigenvalue weighted by Crippen LogP contribution is -2.24. The number of rotatable bonds is 11. The molecule has 0 saturated carbocycles. The van der Waals surface area contributed by atoms with Crippen LogP contribution in [0.4, 0.5) is 29.8 Å². The number of pyridine rings is 2. The largest absolute Gasteiger partial charge is 0.420 e. The molecule has 0 saturated heterocycles. The van der Waals surface area contributed by atoms with E-state index in [1.54, 1.807) is 24.3 Å². The molecule has 0 aliphatic carbocycles. The van der Waals surface area contributed by atoms with E-state index in [4.69, 9.17) is 0 Å². The lowest BCUT2D eigenvalue weighted by Gasteiger charge is -2.23. The minimum atomic E-state index is -4.50. The molecular weight excluding hydrogens is 459 g/mol. The quantitative estimate of drug-likeness (QED) is 0.273. The summed E-state index contributed by atoms with van der Waals surface area (Å²) >= 11 is 1.31. The van der Waals surface area contributed by atoms with Crippen molar-refractivity contribution in [2.75, 3.05) is 23.8 Å². The van der Waals surface area contributed by atoms with Gasteiger partial charge >= 0.3 is 6.18 Å². The third kappa shape index (κ3) is 8.27. The molecule has 9 heteroatoms. The summed E-state index contributed by atoms with van der Waals surface area (Å²) in [4.78, 5) is 14.2. The molecule has 5 nitrogen and oxygen atoms in total. The van der Waals surface area contributed by atoms with Gasteiger partial charge in [0.25, 0.3) is 0 Å². The third-order valence-electron chi connectivity index (χ3n) is 5.09. The van der Waals surface area contributed by atoms with Crippen LogP contribution in [0.2, 0.25) is 0 Å². The van der Waals surface area contributed by atoms with Crippen molar-refractivity contribution >= 4 is 28.0 Å². The maximum absolute atomic E-state index is 13.8. The van der Waals surface area contributed by atoms with Gasteiger partial charge in [0, 0.05) is 36.9 Å². The first kappa shape index (κ1) is 27.6. The molecule has 0 fully saturated rings. The van der Waals surface area contributed by atoms with Crippen molar-refractivity contribution in [3.63, 3.8) is 0 Å². The van der Waals surface area contributed by atoms with Gasteiger partial charge in [0.2, 0.25) is 0 Å². The maximum atomic E-state index is 13.8. The van der Waals surface area contributed by atoms with Gasteiger partial charge in [0.1, 0.15) is 11.4 Å². The Morgan fingerprint density at radius 2 is 1.79 bits per heavy atom. The molecule has 1 N–H and O–H groups in total. The van der Waals surface area contributed by atoms with Gasteiger partial charge in [-0.2, -0.15) is 13.2 Å². The van der Waals surface area contributed by atoms with E-state index in [0.717, 1.165) is 30.9 Å². The van der Waals surface area contributed by atoms with E-state index >= 15 is 0 Å². The summed E-state index contributed by atoms with van der Waals surface area (Å²) in [5.74, 6) is -0.0493. The maximum Gasteiger partial charge on any atom is 0.420 e. The lowest BCUT2D eigenvalue weighted by molar-refractivity contribution is -0.137. The monoisotopic (exact) mass is 493 g/mol. The summed E-state index contributed by atoms with van der Waals surface area (Å²) in [6.07, 6.45) is 6.79. The van der Waals surface area contributed by atoms with Crippen LogP contribution in [0, 0.1) is 0 Å². The Morgan fingerprint density at radius 1 is 1.06 bits per heavy atom. The average Bonchev–Trinajstić information content (AvgIpc) is 3.31. The predicted octanol–water partition coefficient (Wildman–Crippen LogP) is 8.19. The van der Waals surface area contributed by atoms with Crippen LogP contribution < -0.4 is 10.2 Å². The summed E-state index contributed by atoms with van der Waals surface area (Å²) in [6.45, 7) is 6.70. The SMILES string of the molecule is CC.CCCCCCCCN(C)c1ncc(Nc2nc(-c3cccnc3)cs2)cc1C(F)(F)F. The Kier molecular flexibility index (Phi) is 11.3. The number of nitrogens with zero attached hydrogens (tertiary/aromatic N) is 4. The first-order chi connectivity index (χ1) is 16.4. The Morgan fingerprint density at radius 3 is 2.47 bits per heavy atom. The fraction of sp³-hybridized carbons (Fsp3) is 0.480. The number of anilines is 3. The number of alkyl halides is 3. The summed E-state index contributed by atoms with van der Waals surface area (Å²) < 4.78 is 41.3. The molecule has 0 spiro atoms. The van der Waals surface area contributed by atoms with Crippen molar-refractivity contribution in [1.29, 1.82) is 0 Å². The van der Waals surface area contributed by atoms with Crippen LogP contribution in [0.5, 0.6) is 0 Å². The second-order valence-electron chi connectivity index (χ2n) is 7.69. The minimum absolute atomic E-state index is 0.0493. The highest BCUT2D eigenvalue weighted by Crippen LogP contribution is 2.37. The van der Waals surface area contributed by atoms with Gasteiger partial charge in [0.15, 0.2) is 5.13 Å². The third-order valence-corrected chi connectivity index (χ3v) is 5.85. The van der Waals surface area contributed by atoms with Crippen LogP contribution in [-0.4, -0.2) is 28.5 Å². The van der Waals surface area contributed by atoms with Crippen molar-refractivity contribution < 1.29 is 13.2 Å². The summed E-state index contributed by atoms with van der Waals surface area (Å²) in [5, 5.41) is 5.28. The number of hydrogen-bond acceptors (Lipinski definition) is 6. The first-order valence-electron chi connectivity index (χ1n) is 11.8. The molecule has 0 radical (unpaired) electrons. The van der Waals surface area contributed by atoms with Crippen molar-refractivity contribution in [2.24, 2.45) is 0 Å². The highest BCUT2D eigenvalue weighted by Gasteiger charge is 2.35. The zero-order chi connectivity index (χ0) is 25.0. The fourth-order valence-corrected chi connectivity index (χ4v) is 4.12. The summed E-state index contributed by atoms with van der Waals surface area (Å²) in [6, 6.07) is 4.79. The predicted molar refractivity (Wildman–Crippen MR) is 136 cm³/mol. The molecule has 0 bridgehead atoms. The fourth-order valence-electron chi connectivity index (χ4n) is 3.38. The molecule has 34 heavy (non-hydrogen) atoms. The molecule has 0 amide bonds. The molecular formula is C25H34F3N5S. The molecule has 0 aromatic carbocycles. The van der Waals surface area contributed by atoms with Crippen LogP contribution >= 0.6 is 11.3 Å². The molecule has 3 heterocycles. The summed E-state index contributed by atoms with van der Waals surface area (Å²) in [7, 11) is 1.66. The number of thiazole rings is 1. The Balaban J connectivity index is 0.00000199. The number of nitrogens with one attached hydrogen (secondary N) is 1. The number of halogens is 3. The Hall–Kier alpha value is -2.68. The smallest absolute Gasteiger partial charge is 0.359 e. The standard InChI is InChI=1S/C23H28F3N5S.C2H6/c1-3-4-5-6-7-8-12-31(2)21-19(23(24,25)26)13-18(15-28-21)29-22-30-20(16-32-22)17-10-9-11-27-14-17;1-2/h9-11,13-16H,3-8,12H2,1-2H3,(H,29,30);1-2H3. The molecule has 3 aromatic heterocycles. The lowest BCUT2D eigenvalue weighted by atomic mass is 10.1. The van der Waals surface area contributed by atoms with Crippen LogP contribution in [0.25, 0.3) is 11.3 Å². The topological polar surface area (TPSA) is 53.9 Å². The Bertz CT molecular complexity index is 976. The first-order valence-corrected chi connectivity index (χ1v) is 12.7. The number of hydrogen-bond donors (Lipinski definition) is 1. The van der Waals surface area contributed by atoms with Gasteiger partial charge in [-0.3, -0.25) is 4.98 Å². The second-order valence-corrected chi connectivity index (χ2v) is 8.54. The normalized spacial score (nSPS) is 11.0. The molecule has 186 valence electrons. The van der Waals surface area contributed by atoms with E-state index in [-0.39, 0.29) is 11.5 Å². The highest BCUT2D eigenvalue weighted by molar-refractivity contribution is 7.14. The zero-order valence-corrected chi connectivity index (χ0v) is 21.1. The van der Waals surface area contributed by atoms with Crippen LogP contribution in [0.1, 0.15) is 64.9 Å². The van der Waals surface area contributed by atoms with Crippen molar-refractivity contribution in [3.05, 3.63) is 47.7 Å². The van der Waals surface area contributed by atoms with Gasteiger partial charge in [-0.05, 0) is 24.6 Å². The van der Waals surface area contributed by atoms with E-state index in [2.05, 4.69) is 27.2 Å². The van der Waals surface area contributed by atoms with Gasteiger partial charge in [-0.1, -0.05) is 52.9 Å². The van der Waals surface area contributed by atoms with Crippen molar-refractivity contribution in [3.8, 4) is 11.3 Å². The van der Waals surface area contributed by atoms with E-state index in [1.165, 1.54) is 36.8 Å². The van der Waals surface area contributed by atoms with Gasteiger partial charge in [-0.25, -0.2) is 9.97 Å². The molecule has 3 rings (SSSR count). The molecule has 0 atom stereocenters. The molecule has 0 unspecified atom stereocenters. The molecule has 3 aromatic rings. The molecule has 0 aliphatic heterocycles. The van der Waals surface area contributed by atoms with E-state index in [0.29, 0.717) is 17.4 Å². The Labute approximate surface area is 204 Å². The van der Waals surface area contributed by atoms with E-state index in [9.17, 15) is 13.2 Å². The zero-order valence-electron chi connectivity index (χ0n) is 20.3. The summed E-state index contributed by atoms with van der Waals surface area (Å²) in [5.41, 5.74) is 1.06. The van der Waals surface area contributed by atoms with Crippen LogP contribution in [0.15, 0.2) is 42.2 Å². The van der Waals surface area contributed by atoms with Crippen LogP contribution in [0.3, 0.4) is 0 Å². The number of aromatic nitrogens is 3. The van der Waals surface area contributed by atoms with Crippen molar-refractivity contribution in [1.82, 2.24) is 15.0 Å². The van der Waals surface area contributed by atoms with Crippen LogP contribution in [-0.2, 0) is 6.18 Å². The highest BCUT2D eigenvalue weighted by atomic mass is 32.1. The van der Waals surface area contributed by atoms with Gasteiger partial charge < -0.3 is 10.2 Å².